The van der Waals surface area contributed by atoms with Crippen molar-refractivity contribution in [3.8, 4) is 22.3 Å². The zero-order valence-corrected chi connectivity index (χ0v) is 34.4. The quantitative estimate of drug-likeness (QED) is 0.166. The average Bonchev–Trinajstić information content (AvgIpc) is 4.02. The summed E-state index contributed by atoms with van der Waals surface area (Å²) in [7, 11) is 0. The van der Waals surface area contributed by atoms with Gasteiger partial charge in [-0.25, -0.2) is 0 Å². The van der Waals surface area contributed by atoms with Gasteiger partial charge in [0.1, 0.15) is 11.2 Å². The summed E-state index contributed by atoms with van der Waals surface area (Å²) in [6.07, 6.45) is 0. The summed E-state index contributed by atoms with van der Waals surface area (Å²) in [5.41, 5.74) is 14.5. The van der Waals surface area contributed by atoms with Crippen LogP contribution in [-0.4, -0.2) is 0 Å². The Morgan fingerprint density at radius 2 is 1.06 bits per heavy atom. The van der Waals surface area contributed by atoms with Crippen molar-refractivity contribution in [2.45, 2.75) is 5.41 Å². The highest BCUT2D eigenvalue weighted by Gasteiger charge is 2.47. The van der Waals surface area contributed by atoms with Crippen LogP contribution in [0.4, 0.5) is 17.1 Å². The number of rotatable bonds is 6. The minimum atomic E-state index is -0.527. The Kier molecular flexibility index (Phi) is 7.72. The lowest BCUT2D eigenvalue weighted by atomic mass is 9.68. The van der Waals surface area contributed by atoms with Gasteiger partial charge in [-0.2, -0.15) is 0 Å². The maximum atomic E-state index is 6.69. The van der Waals surface area contributed by atoms with Crippen molar-refractivity contribution < 1.29 is 4.42 Å². The van der Waals surface area contributed by atoms with Crippen LogP contribution in [0.2, 0.25) is 0 Å². The number of thiophene rings is 1. The topological polar surface area (TPSA) is 16.4 Å². The number of anilines is 3. The molecular formula is C59H37NOS. The average molecular weight is 808 g/mol. The third-order valence-corrected chi connectivity index (χ3v) is 14.3. The Labute approximate surface area is 363 Å². The molecule has 0 atom stereocenters. The Hall–Kier alpha value is -7.72. The summed E-state index contributed by atoms with van der Waals surface area (Å²) in [5.74, 6) is 0. The molecule has 0 N–H and O–H groups in total. The smallest absolute Gasteiger partial charge is 0.143 e. The van der Waals surface area contributed by atoms with Gasteiger partial charge in [0.2, 0.25) is 0 Å². The molecule has 10 aromatic carbocycles. The Morgan fingerprint density at radius 1 is 0.419 bits per heavy atom. The normalized spacial score (nSPS) is 13.0. The van der Waals surface area contributed by atoms with Crippen molar-refractivity contribution in [1.82, 2.24) is 0 Å². The third-order valence-electron chi connectivity index (χ3n) is 13.1. The fourth-order valence-electron chi connectivity index (χ4n) is 10.6. The van der Waals surface area contributed by atoms with Gasteiger partial charge < -0.3 is 9.32 Å². The first kappa shape index (κ1) is 35.1. The van der Waals surface area contributed by atoms with Crippen LogP contribution < -0.4 is 4.90 Å². The number of hydrogen-bond donors (Lipinski definition) is 0. The molecule has 0 unspecified atom stereocenters. The maximum absolute atomic E-state index is 6.69. The first-order valence-corrected chi connectivity index (χ1v) is 22.1. The van der Waals surface area contributed by atoms with Gasteiger partial charge in [0.05, 0.1) is 16.8 Å². The van der Waals surface area contributed by atoms with Crippen LogP contribution in [0.25, 0.3) is 75.1 Å². The summed E-state index contributed by atoms with van der Waals surface area (Å²) in [6.45, 7) is 0. The second kappa shape index (κ2) is 13.7. The SMILES string of the molecule is c1ccc(C2(c3ccccc3)c3ccccc3-c3c(N(c4cccc(-c5cccc6oc7c8ccccc8ccc7c56)c4)c4cccc5sc6ccccc6c45)cccc32)cc1. The van der Waals surface area contributed by atoms with E-state index in [9.17, 15) is 0 Å². The van der Waals surface area contributed by atoms with Crippen molar-refractivity contribution in [1.29, 1.82) is 0 Å². The second-order valence-electron chi connectivity index (χ2n) is 16.3. The van der Waals surface area contributed by atoms with Crippen molar-refractivity contribution in [3.63, 3.8) is 0 Å². The van der Waals surface area contributed by atoms with E-state index in [2.05, 4.69) is 229 Å². The zero-order chi connectivity index (χ0) is 40.8. The van der Waals surface area contributed by atoms with Gasteiger partial charge in [-0.05, 0) is 92.9 Å². The molecule has 2 nitrogen and oxygen atoms in total. The lowest BCUT2D eigenvalue weighted by molar-refractivity contribution is 0.673. The number of nitrogens with zero attached hydrogens (tertiary/aromatic N) is 1. The molecule has 0 spiro atoms. The highest BCUT2D eigenvalue weighted by molar-refractivity contribution is 7.26. The largest absolute Gasteiger partial charge is 0.455 e. The lowest BCUT2D eigenvalue weighted by Crippen LogP contribution is -2.28. The van der Waals surface area contributed by atoms with Crippen LogP contribution in [0.5, 0.6) is 0 Å². The molecule has 3 heteroatoms. The third kappa shape index (κ3) is 4.97. The maximum Gasteiger partial charge on any atom is 0.143 e. The molecule has 1 aliphatic carbocycles. The summed E-state index contributed by atoms with van der Waals surface area (Å²) in [5, 5.41) is 7.09. The first-order valence-electron chi connectivity index (χ1n) is 21.3. The predicted molar refractivity (Wildman–Crippen MR) is 262 cm³/mol. The molecule has 0 saturated carbocycles. The van der Waals surface area contributed by atoms with Crippen molar-refractivity contribution >= 4 is 81.3 Å². The fraction of sp³-hybridized carbons (Fsp3) is 0.0169. The van der Waals surface area contributed by atoms with Crippen molar-refractivity contribution in [2.75, 3.05) is 4.90 Å². The predicted octanol–water partition coefficient (Wildman–Crippen LogP) is 16.6. The van der Waals surface area contributed by atoms with E-state index in [-0.39, 0.29) is 0 Å². The molecule has 290 valence electrons. The van der Waals surface area contributed by atoms with E-state index in [4.69, 9.17) is 4.42 Å². The Balaban J connectivity index is 1.11. The molecule has 2 heterocycles. The molecule has 0 bridgehead atoms. The highest BCUT2D eigenvalue weighted by Crippen LogP contribution is 2.60. The number of benzene rings is 10. The molecule has 0 fully saturated rings. The van der Waals surface area contributed by atoms with E-state index < -0.39 is 5.41 Å². The molecule has 2 aromatic heterocycles. The van der Waals surface area contributed by atoms with Crippen molar-refractivity contribution in [2.24, 2.45) is 0 Å². The van der Waals surface area contributed by atoms with Gasteiger partial charge in [0, 0.05) is 47.6 Å². The number of fused-ring (bicyclic) bond motifs is 11. The van der Waals surface area contributed by atoms with Crippen molar-refractivity contribution in [3.05, 3.63) is 247 Å². The van der Waals surface area contributed by atoms with Crippen LogP contribution in [-0.2, 0) is 5.41 Å². The fourth-order valence-corrected chi connectivity index (χ4v) is 11.7. The molecule has 12 aromatic rings. The van der Waals surface area contributed by atoms with Gasteiger partial charge in [-0.3, -0.25) is 0 Å². The van der Waals surface area contributed by atoms with Crippen LogP contribution in [0.15, 0.2) is 229 Å². The minimum absolute atomic E-state index is 0.527. The van der Waals surface area contributed by atoms with Gasteiger partial charge in [0.25, 0.3) is 0 Å². The second-order valence-corrected chi connectivity index (χ2v) is 17.4. The van der Waals surface area contributed by atoms with Crippen LogP contribution in [0.3, 0.4) is 0 Å². The van der Waals surface area contributed by atoms with Gasteiger partial charge in [-0.15, -0.1) is 11.3 Å². The molecule has 0 aliphatic heterocycles. The number of hydrogen-bond acceptors (Lipinski definition) is 3. The molecule has 1 aliphatic rings. The molecular weight excluding hydrogens is 771 g/mol. The van der Waals surface area contributed by atoms with E-state index in [1.807, 2.05) is 11.3 Å². The lowest BCUT2D eigenvalue weighted by Gasteiger charge is -2.34. The van der Waals surface area contributed by atoms with Crippen LogP contribution >= 0.6 is 11.3 Å². The zero-order valence-electron chi connectivity index (χ0n) is 33.6. The van der Waals surface area contributed by atoms with Crippen LogP contribution in [0.1, 0.15) is 22.3 Å². The molecule has 0 amide bonds. The standard InChI is InChI=1S/C59H37NOS/c1-3-19-40(20-4-1)59(41-21-5-2-6-22-41)48-28-11-9-25-45(48)56-49(59)29-15-30-50(56)60(51-31-16-34-54-57(51)46-26-10-12-33-53(46)62-54)42-23-13-18-39(37-42)43-27-14-32-52-55(43)47-36-35-38-17-7-8-24-44(38)58(47)61-52/h1-37H. The molecule has 13 rings (SSSR count). The number of furan rings is 1. The molecule has 62 heavy (non-hydrogen) atoms. The molecule has 0 radical (unpaired) electrons. The summed E-state index contributed by atoms with van der Waals surface area (Å²) >= 11 is 1.86. The van der Waals surface area contributed by atoms with Crippen LogP contribution in [0, 0.1) is 0 Å². The van der Waals surface area contributed by atoms with E-state index in [1.54, 1.807) is 0 Å². The Morgan fingerprint density at radius 3 is 1.92 bits per heavy atom. The van der Waals surface area contributed by atoms with E-state index >= 15 is 0 Å². The van der Waals surface area contributed by atoms with Gasteiger partial charge in [-0.1, -0.05) is 176 Å². The van der Waals surface area contributed by atoms with E-state index in [1.165, 1.54) is 58.9 Å². The molecule has 0 saturated heterocycles. The minimum Gasteiger partial charge on any atom is -0.455 e. The summed E-state index contributed by atoms with van der Waals surface area (Å²) in [4.78, 5) is 2.54. The summed E-state index contributed by atoms with van der Waals surface area (Å²) in [6, 6.07) is 82.4. The Bertz CT molecular complexity index is 3670. The monoisotopic (exact) mass is 807 g/mol. The highest BCUT2D eigenvalue weighted by atomic mass is 32.1. The first-order chi connectivity index (χ1) is 30.8. The van der Waals surface area contributed by atoms with E-state index in [0.717, 1.165) is 55.5 Å². The van der Waals surface area contributed by atoms with E-state index in [0.29, 0.717) is 0 Å². The summed E-state index contributed by atoms with van der Waals surface area (Å²) < 4.78 is 9.24. The van der Waals surface area contributed by atoms with Gasteiger partial charge in [0.15, 0.2) is 0 Å². The van der Waals surface area contributed by atoms with Gasteiger partial charge >= 0.3 is 0 Å².